The first-order valence-corrected chi connectivity index (χ1v) is 7.48. The summed E-state index contributed by atoms with van der Waals surface area (Å²) in [5.74, 6) is 1.61. The van der Waals surface area contributed by atoms with E-state index in [-0.39, 0.29) is 0 Å². The van der Waals surface area contributed by atoms with Gasteiger partial charge in [0.25, 0.3) is 0 Å². The van der Waals surface area contributed by atoms with Crippen LogP contribution in [0.4, 0.5) is 0 Å². The number of benzene rings is 1. The molecule has 1 aliphatic rings. The van der Waals surface area contributed by atoms with Crippen LogP contribution in [0.5, 0.6) is 5.75 Å². The van der Waals surface area contributed by atoms with Gasteiger partial charge in [-0.1, -0.05) is 19.8 Å². The molecule has 2 unspecified atom stereocenters. The minimum atomic E-state index is 0.633. The van der Waals surface area contributed by atoms with Gasteiger partial charge in [0.05, 0.1) is 7.11 Å². The summed E-state index contributed by atoms with van der Waals surface area (Å²) in [5, 5.41) is 0. The lowest BCUT2D eigenvalue weighted by Gasteiger charge is -2.36. The van der Waals surface area contributed by atoms with Crippen molar-refractivity contribution in [1.82, 2.24) is 4.90 Å². The zero-order valence-corrected chi connectivity index (χ0v) is 12.8. The topological polar surface area (TPSA) is 29.5 Å². The van der Waals surface area contributed by atoms with Gasteiger partial charge in [-0.05, 0) is 44.0 Å². The van der Waals surface area contributed by atoms with E-state index in [4.69, 9.17) is 4.74 Å². The van der Waals surface area contributed by atoms with Crippen LogP contribution in [0.3, 0.4) is 0 Å². The number of aldehydes is 1. The highest BCUT2D eigenvalue weighted by atomic mass is 16.5. The molecule has 20 heavy (non-hydrogen) atoms. The van der Waals surface area contributed by atoms with Crippen LogP contribution in [0, 0.1) is 5.92 Å². The predicted octanol–water partition coefficient (Wildman–Crippen LogP) is 3.52. The first-order valence-electron chi connectivity index (χ1n) is 7.48. The smallest absolute Gasteiger partial charge is 0.150 e. The lowest BCUT2D eigenvalue weighted by molar-refractivity contribution is 0.112. The summed E-state index contributed by atoms with van der Waals surface area (Å²) in [4.78, 5) is 13.4. The maximum atomic E-state index is 10.9. The summed E-state index contributed by atoms with van der Waals surface area (Å²) in [6.45, 7) is 3.18. The quantitative estimate of drug-likeness (QED) is 0.770. The Labute approximate surface area is 121 Å². The summed E-state index contributed by atoms with van der Waals surface area (Å²) < 4.78 is 5.42. The van der Waals surface area contributed by atoms with Crippen molar-refractivity contribution in [2.75, 3.05) is 14.2 Å². The third-order valence-electron chi connectivity index (χ3n) is 4.49. The molecule has 110 valence electrons. The van der Waals surface area contributed by atoms with Gasteiger partial charge >= 0.3 is 0 Å². The van der Waals surface area contributed by atoms with Crippen LogP contribution >= 0.6 is 0 Å². The minimum Gasteiger partial charge on any atom is -0.496 e. The molecular weight excluding hydrogens is 250 g/mol. The van der Waals surface area contributed by atoms with Crippen LogP contribution in [0.15, 0.2) is 18.2 Å². The van der Waals surface area contributed by atoms with E-state index in [1.54, 1.807) is 13.2 Å². The highest BCUT2D eigenvalue weighted by Gasteiger charge is 2.25. The van der Waals surface area contributed by atoms with Gasteiger partial charge in [0.15, 0.2) is 0 Å². The molecule has 3 heteroatoms. The molecule has 3 nitrogen and oxygen atoms in total. The lowest BCUT2D eigenvalue weighted by atomic mass is 9.85. The molecule has 0 heterocycles. The van der Waals surface area contributed by atoms with Crippen molar-refractivity contribution < 1.29 is 9.53 Å². The Balaban J connectivity index is 2.13. The fourth-order valence-electron chi connectivity index (χ4n) is 3.33. The van der Waals surface area contributed by atoms with Crippen LogP contribution in [-0.4, -0.2) is 31.4 Å². The van der Waals surface area contributed by atoms with Crippen molar-refractivity contribution >= 4 is 6.29 Å². The number of ether oxygens (including phenoxy) is 1. The zero-order valence-electron chi connectivity index (χ0n) is 12.8. The van der Waals surface area contributed by atoms with Crippen molar-refractivity contribution in [3.8, 4) is 5.75 Å². The Hall–Kier alpha value is -1.35. The maximum Gasteiger partial charge on any atom is 0.150 e. The van der Waals surface area contributed by atoms with E-state index in [1.165, 1.54) is 25.7 Å². The van der Waals surface area contributed by atoms with Crippen molar-refractivity contribution in [2.24, 2.45) is 5.92 Å². The highest BCUT2D eigenvalue weighted by Crippen LogP contribution is 2.29. The fraction of sp³-hybridized carbons (Fsp3) is 0.588. The SMILES string of the molecule is COc1ccc(C=O)cc1CN(C)C1CCCCC1C. The third kappa shape index (κ3) is 3.40. The van der Waals surface area contributed by atoms with Gasteiger partial charge in [-0.3, -0.25) is 9.69 Å². The summed E-state index contributed by atoms with van der Waals surface area (Å²) in [6.07, 6.45) is 6.17. The number of methoxy groups -OCH3 is 1. The summed E-state index contributed by atoms with van der Waals surface area (Å²) >= 11 is 0. The average Bonchev–Trinajstić information content (AvgIpc) is 2.47. The first-order chi connectivity index (χ1) is 9.65. The number of rotatable bonds is 5. The Bertz CT molecular complexity index is 458. The molecule has 1 saturated carbocycles. The molecule has 0 amide bonds. The average molecular weight is 275 g/mol. The molecule has 1 aromatic carbocycles. The van der Waals surface area contributed by atoms with Gasteiger partial charge in [0.1, 0.15) is 12.0 Å². The summed E-state index contributed by atoms with van der Waals surface area (Å²) in [5.41, 5.74) is 1.81. The molecule has 1 aromatic rings. The molecule has 0 aromatic heterocycles. The van der Waals surface area contributed by atoms with E-state index in [0.717, 1.165) is 30.1 Å². The molecular formula is C17H25NO2. The Morgan fingerprint density at radius 2 is 2.10 bits per heavy atom. The second-order valence-electron chi connectivity index (χ2n) is 5.93. The number of nitrogens with zero attached hydrogens (tertiary/aromatic N) is 1. The van der Waals surface area contributed by atoms with Crippen molar-refractivity contribution in [1.29, 1.82) is 0 Å². The van der Waals surface area contributed by atoms with Crippen LogP contribution in [-0.2, 0) is 6.54 Å². The number of carbonyl (C=O) groups is 1. The van der Waals surface area contributed by atoms with E-state index < -0.39 is 0 Å². The molecule has 1 aliphatic carbocycles. The van der Waals surface area contributed by atoms with Gasteiger partial charge in [0, 0.05) is 23.7 Å². The highest BCUT2D eigenvalue weighted by molar-refractivity contribution is 5.75. The summed E-state index contributed by atoms with van der Waals surface area (Å²) in [7, 11) is 3.86. The first kappa shape index (κ1) is 15.0. The fourth-order valence-corrected chi connectivity index (χ4v) is 3.33. The predicted molar refractivity (Wildman–Crippen MR) is 81.3 cm³/mol. The van der Waals surface area contributed by atoms with E-state index in [0.29, 0.717) is 11.6 Å². The van der Waals surface area contributed by atoms with E-state index in [9.17, 15) is 4.79 Å². The molecule has 1 fully saturated rings. The van der Waals surface area contributed by atoms with Gasteiger partial charge in [-0.15, -0.1) is 0 Å². The molecule has 0 spiro atoms. The second-order valence-corrected chi connectivity index (χ2v) is 5.93. The molecule has 2 rings (SSSR count). The molecule has 2 atom stereocenters. The number of carbonyl (C=O) groups excluding carboxylic acids is 1. The Morgan fingerprint density at radius 1 is 1.35 bits per heavy atom. The minimum absolute atomic E-state index is 0.633. The lowest BCUT2D eigenvalue weighted by Crippen LogP contribution is -2.38. The van der Waals surface area contributed by atoms with Gasteiger partial charge in [-0.25, -0.2) is 0 Å². The van der Waals surface area contributed by atoms with Crippen LogP contribution in [0.1, 0.15) is 48.5 Å². The second kappa shape index (κ2) is 6.89. The normalized spacial score (nSPS) is 22.8. The van der Waals surface area contributed by atoms with Gasteiger partial charge in [0.2, 0.25) is 0 Å². The molecule has 0 radical (unpaired) electrons. The molecule has 0 aliphatic heterocycles. The van der Waals surface area contributed by atoms with E-state index >= 15 is 0 Å². The van der Waals surface area contributed by atoms with E-state index in [2.05, 4.69) is 18.9 Å². The molecule has 0 saturated heterocycles. The number of hydrogen-bond donors (Lipinski definition) is 0. The largest absolute Gasteiger partial charge is 0.496 e. The zero-order chi connectivity index (χ0) is 14.5. The third-order valence-corrected chi connectivity index (χ3v) is 4.49. The van der Waals surface area contributed by atoms with Crippen molar-refractivity contribution in [2.45, 2.75) is 45.2 Å². The van der Waals surface area contributed by atoms with Crippen LogP contribution in [0.2, 0.25) is 0 Å². The molecule has 0 N–H and O–H groups in total. The Morgan fingerprint density at radius 3 is 2.75 bits per heavy atom. The number of hydrogen-bond acceptors (Lipinski definition) is 3. The van der Waals surface area contributed by atoms with Crippen LogP contribution in [0.25, 0.3) is 0 Å². The Kier molecular flexibility index (Phi) is 5.18. The monoisotopic (exact) mass is 275 g/mol. The van der Waals surface area contributed by atoms with Gasteiger partial charge in [-0.2, -0.15) is 0 Å². The summed E-state index contributed by atoms with van der Waals surface area (Å²) in [6, 6.07) is 6.26. The van der Waals surface area contributed by atoms with Gasteiger partial charge < -0.3 is 4.74 Å². The van der Waals surface area contributed by atoms with Crippen molar-refractivity contribution in [3.05, 3.63) is 29.3 Å². The van der Waals surface area contributed by atoms with Crippen molar-refractivity contribution in [3.63, 3.8) is 0 Å². The van der Waals surface area contributed by atoms with Crippen LogP contribution < -0.4 is 4.74 Å². The molecule has 0 bridgehead atoms. The van der Waals surface area contributed by atoms with E-state index in [1.807, 2.05) is 12.1 Å². The maximum absolute atomic E-state index is 10.9. The standard InChI is InChI=1S/C17H25NO2/c1-13-6-4-5-7-16(13)18(2)11-15-10-14(12-19)8-9-17(15)20-3/h8-10,12-13,16H,4-7,11H2,1-3H3.